The van der Waals surface area contributed by atoms with E-state index in [1.54, 1.807) is 13.0 Å². The Morgan fingerprint density at radius 2 is 1.79 bits per heavy atom. The Morgan fingerprint density at radius 3 is 2.42 bits per heavy atom. The van der Waals surface area contributed by atoms with Gasteiger partial charge in [-0.15, -0.1) is 0 Å². The van der Waals surface area contributed by atoms with Crippen LogP contribution in [0.4, 0.5) is 13.2 Å². The zero-order valence-electron chi connectivity index (χ0n) is 10.1. The maximum absolute atomic E-state index is 13.5. The van der Waals surface area contributed by atoms with E-state index >= 15 is 0 Å². The highest BCUT2D eigenvalue weighted by Gasteiger charge is 2.18. The van der Waals surface area contributed by atoms with Crippen LogP contribution in [0.25, 0.3) is 0 Å². The molecule has 0 fully saturated rings. The number of aryl methyl sites for hydroxylation is 1. The minimum absolute atomic E-state index is 0.0399. The number of benzene rings is 2. The summed E-state index contributed by atoms with van der Waals surface area (Å²) in [6, 6.07) is 6.01. The van der Waals surface area contributed by atoms with Crippen LogP contribution in [0.5, 0.6) is 0 Å². The second-order valence-corrected chi connectivity index (χ2v) is 5.10. The molecule has 2 rings (SSSR count). The highest BCUT2D eigenvalue weighted by Crippen LogP contribution is 2.30. The fourth-order valence-corrected chi connectivity index (χ4v) is 2.47. The third-order valence-corrected chi connectivity index (χ3v) is 3.63. The average molecular weight is 330 g/mol. The molecule has 2 aromatic carbocycles. The predicted molar refractivity (Wildman–Crippen MR) is 71.2 cm³/mol. The summed E-state index contributed by atoms with van der Waals surface area (Å²) in [4.78, 5) is 0. The van der Waals surface area contributed by atoms with Crippen molar-refractivity contribution in [1.29, 1.82) is 0 Å². The first-order valence-electron chi connectivity index (χ1n) is 5.56. The molecule has 0 saturated heterocycles. The van der Waals surface area contributed by atoms with Crippen molar-refractivity contribution in [2.75, 3.05) is 0 Å². The van der Waals surface area contributed by atoms with Crippen LogP contribution >= 0.6 is 15.9 Å². The number of nitrogens with two attached hydrogens (primary N) is 1. The molecule has 1 nitrogen and oxygen atoms in total. The van der Waals surface area contributed by atoms with Gasteiger partial charge in [0.1, 0.15) is 5.82 Å². The van der Waals surface area contributed by atoms with Crippen molar-refractivity contribution < 1.29 is 13.2 Å². The molecule has 0 amide bonds. The van der Waals surface area contributed by atoms with Gasteiger partial charge in [0.2, 0.25) is 0 Å². The summed E-state index contributed by atoms with van der Waals surface area (Å²) < 4.78 is 39.8. The smallest absolute Gasteiger partial charge is 0.173 e. The molecule has 2 aromatic rings. The van der Waals surface area contributed by atoms with Gasteiger partial charge in [0.05, 0.1) is 10.5 Å². The molecule has 0 aromatic heterocycles. The van der Waals surface area contributed by atoms with E-state index < -0.39 is 23.5 Å². The maximum Gasteiger partial charge on any atom is 0.173 e. The first-order valence-corrected chi connectivity index (χ1v) is 6.35. The van der Waals surface area contributed by atoms with Gasteiger partial charge in [-0.3, -0.25) is 0 Å². The summed E-state index contributed by atoms with van der Waals surface area (Å²) in [5.41, 5.74) is 7.57. The number of halogens is 4. The Hall–Kier alpha value is -1.33. The van der Waals surface area contributed by atoms with Gasteiger partial charge < -0.3 is 5.73 Å². The Kier molecular flexibility index (Phi) is 3.96. The van der Waals surface area contributed by atoms with Gasteiger partial charge in [0.15, 0.2) is 11.6 Å². The molecule has 1 unspecified atom stereocenters. The molecule has 100 valence electrons. The minimum atomic E-state index is -0.999. The second-order valence-electron chi connectivity index (χ2n) is 4.30. The molecule has 0 aliphatic heterocycles. The topological polar surface area (TPSA) is 26.0 Å². The zero-order chi connectivity index (χ0) is 14.2. The maximum atomic E-state index is 13.5. The van der Waals surface area contributed by atoms with Crippen molar-refractivity contribution in [3.05, 3.63) is 68.9 Å². The molecule has 2 N–H and O–H groups in total. The molecular formula is C14H11BrF3N. The predicted octanol–water partition coefficient (Wildman–Crippen LogP) is 4.22. The van der Waals surface area contributed by atoms with Gasteiger partial charge in [-0.25, -0.2) is 13.2 Å². The fraction of sp³-hybridized carbons (Fsp3) is 0.143. The molecule has 0 heterocycles. The van der Waals surface area contributed by atoms with Crippen LogP contribution in [0.3, 0.4) is 0 Å². The van der Waals surface area contributed by atoms with Gasteiger partial charge >= 0.3 is 0 Å². The summed E-state index contributed by atoms with van der Waals surface area (Å²) in [7, 11) is 0. The standard InChI is InChI=1S/C14H11BrF3N/c1-7-4-8(6-9(16)5-7)14(19)10-2-3-11(17)13(18)12(10)15/h2-6,14H,19H2,1H3. The van der Waals surface area contributed by atoms with Gasteiger partial charge in [0, 0.05) is 0 Å². The highest BCUT2D eigenvalue weighted by atomic mass is 79.9. The molecule has 5 heteroatoms. The molecule has 1 atom stereocenters. The zero-order valence-corrected chi connectivity index (χ0v) is 11.6. The van der Waals surface area contributed by atoms with Crippen LogP contribution in [0.2, 0.25) is 0 Å². The first-order chi connectivity index (χ1) is 8.90. The summed E-state index contributed by atoms with van der Waals surface area (Å²) in [5, 5.41) is 0. The van der Waals surface area contributed by atoms with E-state index in [9.17, 15) is 13.2 Å². The van der Waals surface area contributed by atoms with Gasteiger partial charge in [-0.05, 0) is 57.7 Å². The molecule has 0 aliphatic rings. The SMILES string of the molecule is Cc1cc(F)cc(C(N)c2ccc(F)c(F)c2Br)c1. The van der Waals surface area contributed by atoms with E-state index in [2.05, 4.69) is 15.9 Å². The van der Waals surface area contributed by atoms with Crippen LogP contribution in [0.15, 0.2) is 34.8 Å². The van der Waals surface area contributed by atoms with Crippen LogP contribution in [0, 0.1) is 24.4 Å². The lowest BCUT2D eigenvalue weighted by Crippen LogP contribution is -2.14. The molecule has 0 saturated carbocycles. The molecular weight excluding hydrogens is 319 g/mol. The normalized spacial score (nSPS) is 12.5. The van der Waals surface area contributed by atoms with Crippen LogP contribution in [-0.4, -0.2) is 0 Å². The monoisotopic (exact) mass is 329 g/mol. The third-order valence-electron chi connectivity index (χ3n) is 2.82. The number of hydrogen-bond donors (Lipinski definition) is 1. The van der Waals surface area contributed by atoms with Crippen molar-refractivity contribution in [3.63, 3.8) is 0 Å². The number of rotatable bonds is 2. The summed E-state index contributed by atoms with van der Waals surface area (Å²) in [6.45, 7) is 1.74. The molecule has 0 spiro atoms. The van der Waals surface area contributed by atoms with Crippen molar-refractivity contribution in [2.45, 2.75) is 13.0 Å². The van der Waals surface area contributed by atoms with Crippen LogP contribution in [0.1, 0.15) is 22.7 Å². The Morgan fingerprint density at radius 1 is 1.11 bits per heavy atom. The lowest BCUT2D eigenvalue weighted by molar-refractivity contribution is 0.501. The lowest BCUT2D eigenvalue weighted by atomic mass is 9.98. The van der Waals surface area contributed by atoms with E-state index in [1.165, 1.54) is 18.2 Å². The molecule has 0 bridgehead atoms. The lowest BCUT2D eigenvalue weighted by Gasteiger charge is -2.16. The molecule has 19 heavy (non-hydrogen) atoms. The summed E-state index contributed by atoms with van der Waals surface area (Å²) in [5.74, 6) is -2.37. The van der Waals surface area contributed by atoms with Gasteiger partial charge in [-0.2, -0.15) is 0 Å². The van der Waals surface area contributed by atoms with Gasteiger partial charge in [-0.1, -0.05) is 12.1 Å². The molecule has 0 aliphatic carbocycles. The highest BCUT2D eigenvalue weighted by molar-refractivity contribution is 9.10. The quantitative estimate of drug-likeness (QED) is 0.820. The van der Waals surface area contributed by atoms with Crippen LogP contribution < -0.4 is 5.73 Å². The van der Waals surface area contributed by atoms with E-state index in [0.29, 0.717) is 16.7 Å². The first kappa shape index (κ1) is 14.1. The second kappa shape index (κ2) is 5.35. The van der Waals surface area contributed by atoms with Crippen molar-refractivity contribution >= 4 is 15.9 Å². The largest absolute Gasteiger partial charge is 0.320 e. The third kappa shape index (κ3) is 2.82. The Bertz CT molecular complexity index is 608. The van der Waals surface area contributed by atoms with E-state index in [-0.39, 0.29) is 4.47 Å². The Labute approximate surface area is 117 Å². The summed E-state index contributed by atoms with van der Waals surface area (Å²) in [6.07, 6.45) is 0. The van der Waals surface area contributed by atoms with Crippen molar-refractivity contribution in [1.82, 2.24) is 0 Å². The minimum Gasteiger partial charge on any atom is -0.320 e. The summed E-state index contributed by atoms with van der Waals surface area (Å²) >= 11 is 2.98. The van der Waals surface area contributed by atoms with E-state index in [4.69, 9.17) is 5.73 Å². The fourth-order valence-electron chi connectivity index (χ4n) is 1.90. The van der Waals surface area contributed by atoms with Crippen molar-refractivity contribution in [2.24, 2.45) is 5.73 Å². The Balaban J connectivity index is 2.50. The van der Waals surface area contributed by atoms with Crippen molar-refractivity contribution in [3.8, 4) is 0 Å². The van der Waals surface area contributed by atoms with Crippen LogP contribution in [-0.2, 0) is 0 Å². The molecule has 0 radical (unpaired) electrons. The average Bonchev–Trinajstić information content (AvgIpc) is 2.34. The number of hydrogen-bond acceptors (Lipinski definition) is 1. The van der Waals surface area contributed by atoms with E-state index in [1.807, 2.05) is 0 Å². The van der Waals surface area contributed by atoms with Gasteiger partial charge in [0.25, 0.3) is 0 Å². The van der Waals surface area contributed by atoms with E-state index in [0.717, 1.165) is 6.07 Å².